The summed E-state index contributed by atoms with van der Waals surface area (Å²) in [5.74, 6) is -3.03. The summed E-state index contributed by atoms with van der Waals surface area (Å²) >= 11 is 2.99. The van der Waals surface area contributed by atoms with E-state index < -0.39 is 83.6 Å². The van der Waals surface area contributed by atoms with Crippen LogP contribution in [0.15, 0.2) is 4.99 Å². The number of aliphatic imine (C=N–C) groups is 1. The smallest absolute Gasteiger partial charge is 0.245 e. The van der Waals surface area contributed by atoms with Gasteiger partial charge in [0.2, 0.25) is 41.4 Å². The Balaban J connectivity index is 3.28. The fourth-order valence-electron chi connectivity index (χ4n) is 6.08. The Bertz CT molecular complexity index is 1350. The normalized spacial score (nSPS) is 17.2. The molecule has 1 fully saturated rings. The highest BCUT2D eigenvalue weighted by molar-refractivity contribution is 7.98. The minimum atomic E-state index is -1.12. The number of guanidine groups is 1. The summed E-state index contributed by atoms with van der Waals surface area (Å²) in [5, 5.41) is 13.7. The van der Waals surface area contributed by atoms with Crippen LogP contribution in [0.25, 0.3) is 0 Å². The molecule has 56 heavy (non-hydrogen) atoms. The molecule has 0 aromatic carbocycles. The first-order valence-corrected chi connectivity index (χ1v) is 22.0. The summed E-state index contributed by atoms with van der Waals surface area (Å²) in [5.41, 5.74) is 22.2. The molecule has 0 spiro atoms. The molecule has 1 aliphatic heterocycles. The van der Waals surface area contributed by atoms with E-state index >= 15 is 0 Å². The fourth-order valence-corrected chi connectivity index (χ4v) is 7.02. The summed E-state index contributed by atoms with van der Waals surface area (Å²) < 4.78 is 0. The van der Waals surface area contributed by atoms with Crippen LogP contribution in [0.4, 0.5) is 0 Å². The molecule has 7 atom stereocenters. The van der Waals surface area contributed by atoms with Crippen LogP contribution in [-0.2, 0) is 33.6 Å². The number of hydrogen-bond acceptors (Lipinski definition) is 11. The van der Waals surface area contributed by atoms with Crippen molar-refractivity contribution < 1.29 is 33.6 Å². The van der Waals surface area contributed by atoms with Gasteiger partial charge in [0.25, 0.3) is 0 Å². The van der Waals surface area contributed by atoms with E-state index in [0.29, 0.717) is 50.2 Å². The van der Waals surface area contributed by atoms with Gasteiger partial charge in [-0.2, -0.15) is 23.5 Å². The van der Waals surface area contributed by atoms with Crippen molar-refractivity contribution in [3.8, 4) is 0 Å². The quantitative estimate of drug-likeness (QED) is 0.0285. The van der Waals surface area contributed by atoms with Gasteiger partial charge in [0.1, 0.15) is 36.3 Å². The van der Waals surface area contributed by atoms with Crippen molar-refractivity contribution in [2.24, 2.45) is 39.8 Å². The van der Waals surface area contributed by atoms with E-state index in [2.05, 4.69) is 31.6 Å². The molecule has 0 aromatic heterocycles. The van der Waals surface area contributed by atoms with Gasteiger partial charge in [-0.15, -0.1) is 0 Å². The first-order valence-electron chi connectivity index (χ1n) is 19.2. The number of nitrogens with zero attached hydrogens (tertiary/aromatic N) is 2. The van der Waals surface area contributed by atoms with Crippen LogP contribution in [0.3, 0.4) is 0 Å². The Morgan fingerprint density at radius 1 is 0.679 bits per heavy atom. The summed E-state index contributed by atoms with van der Waals surface area (Å²) in [4.78, 5) is 98.7. The van der Waals surface area contributed by atoms with E-state index in [1.54, 1.807) is 0 Å². The van der Waals surface area contributed by atoms with Gasteiger partial charge in [0, 0.05) is 13.1 Å². The molecule has 320 valence electrons. The molecular formula is C36H67N11O7S2. The van der Waals surface area contributed by atoms with Gasteiger partial charge in [0.15, 0.2) is 5.96 Å². The second-order valence-corrected chi connectivity index (χ2v) is 16.9. The Labute approximate surface area is 340 Å². The van der Waals surface area contributed by atoms with Crippen molar-refractivity contribution in [3.63, 3.8) is 0 Å². The van der Waals surface area contributed by atoms with Crippen molar-refractivity contribution in [3.05, 3.63) is 0 Å². The number of hydrogen-bond donors (Lipinski definition) is 9. The second kappa shape index (κ2) is 26.2. The zero-order valence-electron chi connectivity index (χ0n) is 34.1. The first-order chi connectivity index (χ1) is 26.3. The van der Waals surface area contributed by atoms with E-state index in [0.717, 1.165) is 0 Å². The molecular weight excluding hydrogens is 763 g/mol. The lowest BCUT2D eigenvalue weighted by atomic mass is 10.0. The van der Waals surface area contributed by atoms with E-state index in [-0.39, 0.29) is 43.6 Å². The monoisotopic (exact) mass is 829 g/mol. The average molecular weight is 830 g/mol. The lowest BCUT2D eigenvalue weighted by molar-refractivity contribution is -0.142. The summed E-state index contributed by atoms with van der Waals surface area (Å²) in [6.07, 6.45) is 6.16. The number of thioether (sulfide) groups is 2. The van der Waals surface area contributed by atoms with Gasteiger partial charge >= 0.3 is 0 Å². The number of primary amides is 1. The highest BCUT2D eigenvalue weighted by atomic mass is 32.2. The number of likely N-dealkylation sites (tertiary alicyclic amines) is 1. The minimum Gasteiger partial charge on any atom is -0.370 e. The number of carbonyl (C=O) groups excluding carboxylic acids is 7. The molecule has 0 aliphatic carbocycles. The molecule has 20 heteroatoms. The molecule has 7 amide bonds. The third-order valence-electron chi connectivity index (χ3n) is 9.01. The van der Waals surface area contributed by atoms with E-state index in [9.17, 15) is 33.6 Å². The third kappa shape index (κ3) is 18.4. The molecule has 0 aromatic rings. The highest BCUT2D eigenvalue weighted by Gasteiger charge is 2.39. The van der Waals surface area contributed by atoms with Crippen molar-refractivity contribution in [2.45, 2.75) is 128 Å². The molecule has 1 aliphatic rings. The van der Waals surface area contributed by atoms with Gasteiger partial charge < -0.3 is 54.4 Å². The summed E-state index contributed by atoms with van der Waals surface area (Å²) in [6, 6.07) is -6.79. The zero-order chi connectivity index (χ0) is 42.5. The topological polar surface area (TPSA) is 299 Å². The van der Waals surface area contributed by atoms with Gasteiger partial charge in [-0.1, -0.05) is 27.7 Å². The number of amides is 7. The average Bonchev–Trinajstić information content (AvgIpc) is 3.61. The van der Waals surface area contributed by atoms with Gasteiger partial charge in [-0.25, -0.2) is 0 Å². The van der Waals surface area contributed by atoms with Gasteiger partial charge in [-0.3, -0.25) is 38.6 Å². The maximum absolute atomic E-state index is 13.9. The minimum absolute atomic E-state index is 0.0416. The Hall–Kier alpha value is -3.78. The predicted molar refractivity (Wildman–Crippen MR) is 222 cm³/mol. The maximum Gasteiger partial charge on any atom is 0.245 e. The van der Waals surface area contributed by atoms with Crippen molar-refractivity contribution in [2.75, 3.05) is 37.1 Å². The van der Waals surface area contributed by atoms with Crippen LogP contribution in [0, 0.1) is 11.8 Å². The largest absolute Gasteiger partial charge is 0.370 e. The highest BCUT2D eigenvalue weighted by Crippen LogP contribution is 2.21. The fraction of sp³-hybridized carbons (Fsp3) is 0.778. The first kappa shape index (κ1) is 50.2. The Morgan fingerprint density at radius 3 is 1.68 bits per heavy atom. The molecule has 0 unspecified atom stereocenters. The number of nitrogens with two attached hydrogens (primary N) is 4. The lowest BCUT2D eigenvalue weighted by Gasteiger charge is -2.30. The van der Waals surface area contributed by atoms with Crippen LogP contribution in [0.2, 0.25) is 0 Å². The van der Waals surface area contributed by atoms with Crippen LogP contribution < -0.4 is 49.5 Å². The molecule has 1 saturated heterocycles. The van der Waals surface area contributed by atoms with Crippen LogP contribution >= 0.6 is 23.5 Å². The van der Waals surface area contributed by atoms with Crippen LogP contribution in [0.1, 0.15) is 86.0 Å². The molecule has 18 nitrogen and oxygen atoms in total. The van der Waals surface area contributed by atoms with Crippen LogP contribution in [0.5, 0.6) is 0 Å². The van der Waals surface area contributed by atoms with Crippen molar-refractivity contribution in [1.82, 2.24) is 31.5 Å². The molecule has 1 rings (SSSR count). The number of carbonyl (C=O) groups is 7. The Kier molecular flexibility index (Phi) is 23.5. The molecule has 13 N–H and O–H groups in total. The zero-order valence-corrected chi connectivity index (χ0v) is 35.7. The van der Waals surface area contributed by atoms with Crippen molar-refractivity contribution in [1.29, 1.82) is 0 Å². The predicted octanol–water partition coefficient (Wildman–Crippen LogP) is -1.11. The lowest BCUT2D eigenvalue weighted by Crippen LogP contribution is -2.60. The third-order valence-corrected chi connectivity index (χ3v) is 10.3. The second-order valence-electron chi connectivity index (χ2n) is 15.0. The maximum atomic E-state index is 13.9. The number of rotatable bonds is 26. The Morgan fingerprint density at radius 2 is 1.16 bits per heavy atom. The standard InChI is InChI=1S/C36H67N11O7S2/c1-20(2)18-26(29(38)48)45-31(50)23(10-8-14-41-36(39)40)42-33(52)27(19-21(3)4)46-32(51)24(12-16-55-6)43-34(53)28-11-9-15-47(28)35(54)25(13-17-56-7)44-30(49)22(5)37/h20-28H,8-19,37H2,1-7H3,(H2,38,48)(H,42,52)(H,43,53)(H,44,49)(H,45,50)(H,46,51)(H4,39,40,41)/t22-,23-,24-,25-,26-,27-,28-/m0/s1. The summed E-state index contributed by atoms with van der Waals surface area (Å²) in [6.45, 7) is 9.51. The summed E-state index contributed by atoms with van der Waals surface area (Å²) in [7, 11) is 0. The van der Waals surface area contributed by atoms with Gasteiger partial charge in [-0.05, 0) is 94.1 Å². The molecule has 0 bridgehead atoms. The molecule has 0 saturated carbocycles. The number of nitrogens with one attached hydrogen (secondary N) is 5. The van der Waals surface area contributed by atoms with E-state index in [4.69, 9.17) is 22.9 Å². The van der Waals surface area contributed by atoms with E-state index in [1.165, 1.54) is 35.3 Å². The SMILES string of the molecule is CSCC[C@H](NC(=O)[C@@H]1CCCN1C(=O)[C@H](CCSC)NC(=O)[C@H](C)N)C(=O)N[C@@H](CC(C)C)C(=O)N[C@@H](CCCN=C(N)N)C(=O)N[C@@H](CC(C)C)C(N)=O. The van der Waals surface area contributed by atoms with E-state index in [1.807, 2.05) is 40.2 Å². The molecule has 1 heterocycles. The van der Waals surface area contributed by atoms with Gasteiger partial charge in [0.05, 0.1) is 6.04 Å². The van der Waals surface area contributed by atoms with Crippen LogP contribution in [-0.4, -0.2) is 132 Å². The van der Waals surface area contributed by atoms with Crippen molar-refractivity contribution >= 4 is 70.8 Å². The molecule has 0 radical (unpaired) electrons.